The SMILES string of the molecule is CCOCC(Nc1cc(Cl)ncn1)C(C)C. The van der Waals surface area contributed by atoms with Crippen molar-refractivity contribution in [3.63, 3.8) is 0 Å². The monoisotopic (exact) mass is 243 g/mol. The Labute approximate surface area is 101 Å². The Morgan fingerprint density at radius 1 is 1.44 bits per heavy atom. The van der Waals surface area contributed by atoms with Gasteiger partial charge in [0, 0.05) is 12.7 Å². The van der Waals surface area contributed by atoms with Crippen molar-refractivity contribution in [3.05, 3.63) is 17.5 Å². The van der Waals surface area contributed by atoms with Gasteiger partial charge in [0.2, 0.25) is 0 Å². The van der Waals surface area contributed by atoms with Crippen LogP contribution in [0.4, 0.5) is 5.82 Å². The molecule has 0 radical (unpaired) electrons. The van der Waals surface area contributed by atoms with E-state index in [1.807, 2.05) is 6.92 Å². The van der Waals surface area contributed by atoms with Gasteiger partial charge in [-0.1, -0.05) is 25.4 Å². The van der Waals surface area contributed by atoms with Crippen molar-refractivity contribution >= 4 is 17.4 Å². The van der Waals surface area contributed by atoms with Crippen molar-refractivity contribution in [2.24, 2.45) is 5.92 Å². The van der Waals surface area contributed by atoms with E-state index in [4.69, 9.17) is 16.3 Å². The van der Waals surface area contributed by atoms with Crippen LogP contribution in [-0.2, 0) is 4.74 Å². The van der Waals surface area contributed by atoms with Gasteiger partial charge in [-0.15, -0.1) is 0 Å². The predicted octanol–water partition coefficient (Wildman–Crippen LogP) is 2.60. The second kappa shape index (κ2) is 6.66. The highest BCUT2D eigenvalue weighted by atomic mass is 35.5. The maximum Gasteiger partial charge on any atom is 0.134 e. The highest BCUT2D eigenvalue weighted by molar-refractivity contribution is 6.29. The molecule has 4 nitrogen and oxygen atoms in total. The van der Waals surface area contributed by atoms with E-state index in [0.717, 1.165) is 12.4 Å². The molecular formula is C11H18ClN3O. The lowest BCUT2D eigenvalue weighted by Gasteiger charge is -2.22. The number of nitrogens with zero attached hydrogens (tertiary/aromatic N) is 2. The van der Waals surface area contributed by atoms with Gasteiger partial charge in [0.05, 0.1) is 12.6 Å². The van der Waals surface area contributed by atoms with Crippen molar-refractivity contribution in [2.45, 2.75) is 26.8 Å². The maximum absolute atomic E-state index is 5.79. The van der Waals surface area contributed by atoms with Crippen molar-refractivity contribution in [3.8, 4) is 0 Å². The molecule has 0 saturated heterocycles. The minimum Gasteiger partial charge on any atom is -0.380 e. The first-order valence-electron chi connectivity index (χ1n) is 5.45. The lowest BCUT2D eigenvalue weighted by Crippen LogP contribution is -2.31. The summed E-state index contributed by atoms with van der Waals surface area (Å²) in [7, 11) is 0. The number of anilines is 1. The first-order chi connectivity index (χ1) is 7.63. The summed E-state index contributed by atoms with van der Waals surface area (Å²) in [6, 6.07) is 1.94. The number of rotatable bonds is 6. The summed E-state index contributed by atoms with van der Waals surface area (Å²) in [5, 5.41) is 3.73. The second-order valence-electron chi connectivity index (χ2n) is 3.88. The summed E-state index contributed by atoms with van der Waals surface area (Å²) in [6.45, 7) is 7.64. The summed E-state index contributed by atoms with van der Waals surface area (Å²) in [5.41, 5.74) is 0. The molecule has 1 N–H and O–H groups in total. The van der Waals surface area contributed by atoms with Crippen LogP contribution in [-0.4, -0.2) is 29.2 Å². The van der Waals surface area contributed by atoms with Crippen LogP contribution >= 0.6 is 11.6 Å². The Bertz CT molecular complexity index is 320. The van der Waals surface area contributed by atoms with Crippen LogP contribution in [0.2, 0.25) is 5.15 Å². The number of aromatic nitrogens is 2. The van der Waals surface area contributed by atoms with Gasteiger partial charge < -0.3 is 10.1 Å². The Morgan fingerprint density at radius 3 is 2.75 bits per heavy atom. The molecule has 0 bridgehead atoms. The van der Waals surface area contributed by atoms with E-state index in [1.54, 1.807) is 6.07 Å². The standard InChI is InChI=1S/C11H18ClN3O/c1-4-16-6-9(8(2)3)15-11-5-10(12)13-7-14-11/h5,7-9H,4,6H2,1-3H3,(H,13,14,15). The average Bonchev–Trinajstić information content (AvgIpc) is 2.24. The summed E-state index contributed by atoms with van der Waals surface area (Å²) in [5.74, 6) is 1.19. The molecule has 0 amide bonds. The lowest BCUT2D eigenvalue weighted by molar-refractivity contribution is 0.126. The maximum atomic E-state index is 5.79. The van der Waals surface area contributed by atoms with Gasteiger partial charge in [0.15, 0.2) is 0 Å². The smallest absolute Gasteiger partial charge is 0.134 e. The third-order valence-corrected chi connectivity index (χ3v) is 2.48. The van der Waals surface area contributed by atoms with Gasteiger partial charge in [-0.05, 0) is 12.8 Å². The molecule has 0 aliphatic heterocycles. The molecule has 1 rings (SSSR count). The molecule has 90 valence electrons. The fraction of sp³-hybridized carbons (Fsp3) is 0.636. The van der Waals surface area contributed by atoms with E-state index in [9.17, 15) is 0 Å². The van der Waals surface area contributed by atoms with Gasteiger partial charge in [-0.25, -0.2) is 9.97 Å². The first kappa shape index (κ1) is 13.2. The van der Waals surface area contributed by atoms with E-state index in [2.05, 4.69) is 29.1 Å². The van der Waals surface area contributed by atoms with Crippen LogP contribution in [0.15, 0.2) is 12.4 Å². The van der Waals surface area contributed by atoms with Gasteiger partial charge >= 0.3 is 0 Å². The third-order valence-electron chi connectivity index (χ3n) is 2.27. The van der Waals surface area contributed by atoms with Gasteiger partial charge in [-0.2, -0.15) is 0 Å². The quantitative estimate of drug-likeness (QED) is 0.781. The normalized spacial score (nSPS) is 12.8. The zero-order chi connectivity index (χ0) is 12.0. The molecule has 1 aromatic rings. The number of hydrogen-bond donors (Lipinski definition) is 1. The Hall–Kier alpha value is -0.870. The molecule has 1 heterocycles. The van der Waals surface area contributed by atoms with Crippen LogP contribution in [0.25, 0.3) is 0 Å². The van der Waals surface area contributed by atoms with Crippen LogP contribution in [0.1, 0.15) is 20.8 Å². The molecule has 0 saturated carbocycles. The van der Waals surface area contributed by atoms with Crippen molar-refractivity contribution in [1.29, 1.82) is 0 Å². The molecule has 16 heavy (non-hydrogen) atoms. The topological polar surface area (TPSA) is 47.0 Å². The summed E-state index contributed by atoms with van der Waals surface area (Å²) < 4.78 is 5.42. The zero-order valence-electron chi connectivity index (χ0n) is 9.90. The van der Waals surface area contributed by atoms with Gasteiger partial charge in [0.1, 0.15) is 17.3 Å². The minimum atomic E-state index is 0.228. The molecular weight excluding hydrogens is 226 g/mol. The number of hydrogen-bond acceptors (Lipinski definition) is 4. The van der Waals surface area contributed by atoms with Crippen LogP contribution in [0.5, 0.6) is 0 Å². The highest BCUT2D eigenvalue weighted by Crippen LogP contribution is 2.13. The zero-order valence-corrected chi connectivity index (χ0v) is 10.7. The Balaban J connectivity index is 2.60. The molecule has 1 aromatic heterocycles. The Kier molecular flexibility index (Phi) is 5.49. The molecule has 0 aliphatic rings. The molecule has 5 heteroatoms. The van der Waals surface area contributed by atoms with Crippen LogP contribution in [0, 0.1) is 5.92 Å². The second-order valence-corrected chi connectivity index (χ2v) is 4.27. The summed E-state index contributed by atoms with van der Waals surface area (Å²) in [6.07, 6.45) is 1.45. The van der Waals surface area contributed by atoms with Crippen molar-refractivity contribution in [2.75, 3.05) is 18.5 Å². The average molecular weight is 244 g/mol. The predicted molar refractivity (Wildman–Crippen MR) is 65.8 cm³/mol. The first-order valence-corrected chi connectivity index (χ1v) is 5.83. The van der Waals surface area contributed by atoms with Crippen LogP contribution in [0.3, 0.4) is 0 Å². The van der Waals surface area contributed by atoms with E-state index in [0.29, 0.717) is 17.7 Å². The fourth-order valence-corrected chi connectivity index (χ4v) is 1.40. The van der Waals surface area contributed by atoms with Crippen molar-refractivity contribution in [1.82, 2.24) is 9.97 Å². The van der Waals surface area contributed by atoms with E-state index >= 15 is 0 Å². The number of halogens is 1. The molecule has 1 unspecified atom stereocenters. The van der Waals surface area contributed by atoms with E-state index in [-0.39, 0.29) is 6.04 Å². The summed E-state index contributed by atoms with van der Waals surface area (Å²) >= 11 is 5.79. The largest absolute Gasteiger partial charge is 0.380 e. The van der Waals surface area contributed by atoms with Crippen LogP contribution < -0.4 is 5.32 Å². The number of nitrogens with one attached hydrogen (secondary N) is 1. The molecule has 1 atom stereocenters. The van der Waals surface area contributed by atoms with Gasteiger partial charge in [-0.3, -0.25) is 0 Å². The van der Waals surface area contributed by atoms with Gasteiger partial charge in [0.25, 0.3) is 0 Å². The molecule has 0 fully saturated rings. The summed E-state index contributed by atoms with van der Waals surface area (Å²) in [4.78, 5) is 7.94. The minimum absolute atomic E-state index is 0.228. The fourth-order valence-electron chi connectivity index (χ4n) is 1.25. The third kappa shape index (κ3) is 4.33. The lowest BCUT2D eigenvalue weighted by atomic mass is 10.1. The number of ether oxygens (including phenoxy) is 1. The van der Waals surface area contributed by atoms with Crippen molar-refractivity contribution < 1.29 is 4.74 Å². The molecule has 0 spiro atoms. The molecule has 0 aromatic carbocycles. The van der Waals surface area contributed by atoms with E-state index < -0.39 is 0 Å². The molecule has 0 aliphatic carbocycles. The Morgan fingerprint density at radius 2 is 2.19 bits per heavy atom. The van der Waals surface area contributed by atoms with E-state index in [1.165, 1.54) is 6.33 Å². The highest BCUT2D eigenvalue weighted by Gasteiger charge is 2.13.